The Morgan fingerprint density at radius 2 is 1.68 bits per heavy atom. The highest BCUT2D eigenvalue weighted by molar-refractivity contribution is 6.36. The summed E-state index contributed by atoms with van der Waals surface area (Å²) >= 11 is 0. The van der Waals surface area contributed by atoms with E-state index in [0.29, 0.717) is 56.7 Å². The van der Waals surface area contributed by atoms with Crippen molar-refractivity contribution in [2.75, 3.05) is 57.4 Å². The van der Waals surface area contributed by atoms with Crippen molar-refractivity contribution in [3.8, 4) is 0 Å². The number of anilines is 1. The summed E-state index contributed by atoms with van der Waals surface area (Å²) in [7, 11) is 0. The van der Waals surface area contributed by atoms with E-state index in [1.165, 1.54) is 30.3 Å². The van der Waals surface area contributed by atoms with Crippen molar-refractivity contribution in [1.82, 2.24) is 15.5 Å². The molecule has 1 fully saturated rings. The van der Waals surface area contributed by atoms with Crippen molar-refractivity contribution in [3.63, 3.8) is 0 Å². The molecule has 0 atom stereocenters. The van der Waals surface area contributed by atoms with E-state index < -0.39 is 22.6 Å². The van der Waals surface area contributed by atoms with Crippen molar-refractivity contribution < 1.29 is 28.8 Å². The van der Waals surface area contributed by atoms with Gasteiger partial charge in [0.25, 0.3) is 29.3 Å². The topological polar surface area (TPSA) is 177 Å². The number of nitro groups is 1. The number of morpholine rings is 1. The molecule has 2 aliphatic rings. The zero-order chi connectivity index (χ0) is 29.1. The number of carbonyl (C=O) groups is 4. The lowest BCUT2D eigenvalue weighted by Gasteiger charge is -2.29. The number of benzene rings is 3. The molecule has 2 aliphatic heterocycles. The summed E-state index contributed by atoms with van der Waals surface area (Å²) in [4.78, 5) is 67.4. The molecule has 212 valence electrons. The number of non-ortho nitro benzene ring substituents is 1. The van der Waals surface area contributed by atoms with Gasteiger partial charge in [0, 0.05) is 73.5 Å². The molecular weight excluding hydrogens is 532 g/mol. The first-order valence-corrected chi connectivity index (χ1v) is 13.1. The highest BCUT2D eigenvalue weighted by Gasteiger charge is 2.36. The number of nitrogens with two attached hydrogens (primary N) is 1. The number of nitrogens with one attached hydrogen (secondary N) is 2. The third kappa shape index (κ3) is 5.50. The van der Waals surface area contributed by atoms with E-state index in [1.807, 2.05) is 0 Å². The van der Waals surface area contributed by atoms with E-state index in [2.05, 4.69) is 10.6 Å². The summed E-state index contributed by atoms with van der Waals surface area (Å²) in [5.74, 6) is -2.36. The van der Waals surface area contributed by atoms with Gasteiger partial charge in [0.05, 0.1) is 29.4 Å². The summed E-state index contributed by atoms with van der Waals surface area (Å²) in [5, 5.41) is 18.1. The molecule has 41 heavy (non-hydrogen) atoms. The number of hydrogen-bond acceptors (Lipinski definition) is 9. The molecular formula is C28H28N6O7. The number of nitrogens with zero attached hydrogens (tertiary/aromatic N) is 3. The average Bonchev–Trinajstić information content (AvgIpc) is 2.99. The van der Waals surface area contributed by atoms with Crippen LogP contribution < -0.4 is 21.3 Å². The van der Waals surface area contributed by atoms with Gasteiger partial charge in [-0.1, -0.05) is 12.1 Å². The standard InChI is InChI=1S/C28H28N6O7/c29-4-5-30-6-7-31-25(35)18-12-19(26(36)32-8-10-41-11-9-32)15-20(14-18)33-27(37)22-3-1-2-17-13-21(34(39)40)16-23(24(17)22)28(33)38/h1-3,12-16,30H,4-11,29H2,(H,31,35). The lowest BCUT2D eigenvalue weighted by molar-refractivity contribution is -0.384. The number of hydrogen-bond donors (Lipinski definition) is 3. The lowest BCUT2D eigenvalue weighted by atomic mass is 9.92. The van der Waals surface area contributed by atoms with Gasteiger partial charge in [-0.25, -0.2) is 4.90 Å². The fourth-order valence-corrected chi connectivity index (χ4v) is 4.97. The fourth-order valence-electron chi connectivity index (χ4n) is 4.97. The number of carbonyl (C=O) groups excluding carboxylic acids is 4. The van der Waals surface area contributed by atoms with Crippen LogP contribution in [0.2, 0.25) is 0 Å². The smallest absolute Gasteiger partial charge is 0.270 e. The Hall–Kier alpha value is -4.72. The first kappa shape index (κ1) is 27.8. The average molecular weight is 561 g/mol. The van der Waals surface area contributed by atoms with Gasteiger partial charge < -0.3 is 26.0 Å². The largest absolute Gasteiger partial charge is 0.378 e. The second-order valence-electron chi connectivity index (χ2n) is 9.57. The lowest BCUT2D eigenvalue weighted by Crippen LogP contribution is -2.42. The van der Waals surface area contributed by atoms with Gasteiger partial charge in [-0.3, -0.25) is 29.3 Å². The molecule has 5 rings (SSSR count). The summed E-state index contributed by atoms with van der Waals surface area (Å²) in [6.45, 7) is 3.17. The zero-order valence-corrected chi connectivity index (χ0v) is 22.1. The maximum atomic E-state index is 13.8. The number of rotatable bonds is 9. The van der Waals surface area contributed by atoms with Gasteiger partial charge in [-0.2, -0.15) is 0 Å². The van der Waals surface area contributed by atoms with Crippen molar-refractivity contribution in [1.29, 1.82) is 0 Å². The number of amides is 4. The minimum Gasteiger partial charge on any atom is -0.378 e. The van der Waals surface area contributed by atoms with Crippen molar-refractivity contribution in [3.05, 3.63) is 80.9 Å². The molecule has 0 aliphatic carbocycles. The fraction of sp³-hybridized carbons (Fsp3) is 0.286. The monoisotopic (exact) mass is 560 g/mol. The van der Waals surface area contributed by atoms with Crippen LogP contribution in [0, 0.1) is 10.1 Å². The minimum atomic E-state index is -0.796. The molecule has 0 aromatic heterocycles. The first-order valence-electron chi connectivity index (χ1n) is 13.1. The van der Waals surface area contributed by atoms with E-state index in [9.17, 15) is 29.3 Å². The van der Waals surface area contributed by atoms with Crippen molar-refractivity contribution in [2.24, 2.45) is 5.73 Å². The van der Waals surface area contributed by atoms with Crippen LogP contribution in [0.4, 0.5) is 11.4 Å². The molecule has 13 heteroatoms. The predicted molar refractivity (Wildman–Crippen MR) is 149 cm³/mol. The molecule has 0 bridgehead atoms. The maximum absolute atomic E-state index is 13.8. The van der Waals surface area contributed by atoms with E-state index >= 15 is 0 Å². The Morgan fingerprint density at radius 3 is 2.41 bits per heavy atom. The quantitative estimate of drug-likeness (QED) is 0.151. The summed E-state index contributed by atoms with van der Waals surface area (Å²) in [5.41, 5.74) is 5.50. The van der Waals surface area contributed by atoms with Crippen LogP contribution in [0.3, 0.4) is 0 Å². The predicted octanol–water partition coefficient (Wildman–Crippen LogP) is 1.30. The van der Waals surface area contributed by atoms with Crippen molar-refractivity contribution in [2.45, 2.75) is 0 Å². The van der Waals surface area contributed by atoms with E-state index in [0.717, 1.165) is 11.0 Å². The molecule has 0 radical (unpaired) electrons. The van der Waals surface area contributed by atoms with Gasteiger partial charge >= 0.3 is 0 Å². The normalized spacial score (nSPS) is 14.9. The molecule has 3 aromatic carbocycles. The molecule has 2 heterocycles. The molecule has 4 amide bonds. The molecule has 13 nitrogen and oxygen atoms in total. The molecule has 0 unspecified atom stereocenters. The minimum absolute atomic E-state index is 0.000301. The third-order valence-electron chi connectivity index (χ3n) is 6.93. The van der Waals surface area contributed by atoms with Crippen LogP contribution in [-0.4, -0.2) is 85.9 Å². The Morgan fingerprint density at radius 1 is 0.951 bits per heavy atom. The number of imide groups is 1. The molecule has 4 N–H and O–H groups in total. The zero-order valence-electron chi connectivity index (χ0n) is 22.1. The number of nitro benzene ring substituents is 1. The maximum Gasteiger partial charge on any atom is 0.270 e. The van der Waals surface area contributed by atoms with E-state index in [-0.39, 0.29) is 46.1 Å². The Bertz CT molecular complexity index is 1570. The van der Waals surface area contributed by atoms with Crippen LogP contribution in [0.1, 0.15) is 41.4 Å². The third-order valence-corrected chi connectivity index (χ3v) is 6.93. The Balaban J connectivity index is 1.57. The highest BCUT2D eigenvalue weighted by Crippen LogP contribution is 2.36. The Kier molecular flexibility index (Phi) is 8.01. The van der Waals surface area contributed by atoms with Gasteiger partial charge in [-0.05, 0) is 29.7 Å². The van der Waals surface area contributed by atoms with Crippen LogP contribution in [0.25, 0.3) is 10.8 Å². The second kappa shape index (κ2) is 11.8. The second-order valence-corrected chi connectivity index (χ2v) is 9.57. The molecule has 1 saturated heterocycles. The van der Waals surface area contributed by atoms with Gasteiger partial charge in [0.15, 0.2) is 0 Å². The first-order chi connectivity index (χ1) is 19.8. The number of ether oxygens (including phenoxy) is 1. The van der Waals surface area contributed by atoms with Crippen LogP contribution in [0.15, 0.2) is 48.5 Å². The van der Waals surface area contributed by atoms with Gasteiger partial charge in [0.2, 0.25) is 0 Å². The van der Waals surface area contributed by atoms with Gasteiger partial charge in [0.1, 0.15) is 0 Å². The van der Waals surface area contributed by atoms with Crippen LogP contribution >= 0.6 is 0 Å². The Labute approximate surface area is 234 Å². The van der Waals surface area contributed by atoms with Crippen molar-refractivity contribution >= 4 is 45.8 Å². The van der Waals surface area contributed by atoms with Crippen LogP contribution in [-0.2, 0) is 4.74 Å². The highest BCUT2D eigenvalue weighted by atomic mass is 16.6. The van der Waals surface area contributed by atoms with E-state index in [4.69, 9.17) is 10.5 Å². The summed E-state index contributed by atoms with van der Waals surface area (Å²) in [6.07, 6.45) is 0. The molecule has 3 aromatic rings. The SMILES string of the molecule is NCCNCCNC(=O)c1cc(C(=O)N2CCOCC2)cc(N2C(=O)c3cccc4cc([N+](=O)[O-])cc(c34)C2=O)c1. The van der Waals surface area contributed by atoms with Gasteiger partial charge in [-0.15, -0.1) is 0 Å². The summed E-state index contributed by atoms with van der Waals surface area (Å²) in [6, 6.07) is 11.3. The van der Waals surface area contributed by atoms with E-state index in [1.54, 1.807) is 17.0 Å². The molecule has 0 saturated carbocycles. The molecule has 0 spiro atoms. The van der Waals surface area contributed by atoms with Crippen LogP contribution in [0.5, 0.6) is 0 Å². The summed E-state index contributed by atoms with van der Waals surface area (Å²) < 4.78 is 5.34.